The molecule has 0 aromatic heterocycles. The minimum Gasteiger partial charge on any atom is -0.306 e. The van der Waals surface area contributed by atoms with Crippen LogP contribution in [0.1, 0.15) is 30.4 Å². The van der Waals surface area contributed by atoms with Crippen molar-refractivity contribution in [3.05, 3.63) is 47.5 Å². The van der Waals surface area contributed by atoms with E-state index in [-0.39, 0.29) is 12.6 Å². The summed E-state index contributed by atoms with van der Waals surface area (Å²) < 4.78 is 38.3. The Morgan fingerprint density at radius 1 is 1.22 bits per heavy atom. The summed E-state index contributed by atoms with van der Waals surface area (Å²) in [4.78, 5) is 0. The second kappa shape index (κ2) is 5.57. The average molecular weight is 255 g/mol. The lowest BCUT2D eigenvalue weighted by molar-refractivity contribution is -0.138. The lowest BCUT2D eigenvalue weighted by Gasteiger charge is -2.19. The number of alkyl halides is 3. The summed E-state index contributed by atoms with van der Waals surface area (Å²) in [6.45, 7) is 0.255. The van der Waals surface area contributed by atoms with E-state index in [0.29, 0.717) is 5.56 Å². The Labute approximate surface area is 105 Å². The molecule has 0 spiro atoms. The first-order valence-corrected chi connectivity index (χ1v) is 6.12. The Morgan fingerprint density at radius 3 is 2.67 bits per heavy atom. The predicted molar refractivity (Wildman–Crippen MR) is 65.1 cm³/mol. The van der Waals surface area contributed by atoms with Crippen LogP contribution in [0.3, 0.4) is 0 Å². The van der Waals surface area contributed by atoms with E-state index in [1.54, 1.807) is 6.07 Å². The highest BCUT2D eigenvalue weighted by molar-refractivity contribution is 5.29. The first kappa shape index (κ1) is 13.1. The van der Waals surface area contributed by atoms with Gasteiger partial charge in [0, 0.05) is 12.6 Å². The van der Waals surface area contributed by atoms with Gasteiger partial charge in [0.15, 0.2) is 0 Å². The third-order valence-corrected chi connectivity index (χ3v) is 3.13. The highest BCUT2D eigenvalue weighted by Crippen LogP contribution is 2.31. The van der Waals surface area contributed by atoms with Crippen molar-refractivity contribution in [3.63, 3.8) is 0 Å². The van der Waals surface area contributed by atoms with Crippen LogP contribution >= 0.6 is 0 Å². The van der Waals surface area contributed by atoms with Crippen LogP contribution in [-0.2, 0) is 12.7 Å². The maximum atomic E-state index is 12.8. The van der Waals surface area contributed by atoms with Crippen molar-refractivity contribution >= 4 is 0 Å². The molecular weight excluding hydrogens is 239 g/mol. The lowest BCUT2D eigenvalue weighted by Crippen LogP contribution is -2.28. The van der Waals surface area contributed by atoms with Crippen LogP contribution < -0.4 is 5.32 Å². The molecule has 0 aliphatic heterocycles. The second-order valence-corrected chi connectivity index (χ2v) is 4.50. The van der Waals surface area contributed by atoms with E-state index in [1.165, 1.54) is 12.1 Å². The molecule has 0 heterocycles. The molecular formula is C14H16F3N. The van der Waals surface area contributed by atoms with Gasteiger partial charge in [0.2, 0.25) is 0 Å². The van der Waals surface area contributed by atoms with E-state index in [0.717, 1.165) is 25.3 Å². The van der Waals surface area contributed by atoms with Gasteiger partial charge in [0.1, 0.15) is 0 Å². The van der Waals surface area contributed by atoms with Crippen molar-refractivity contribution in [3.8, 4) is 0 Å². The highest BCUT2D eigenvalue weighted by atomic mass is 19.4. The topological polar surface area (TPSA) is 12.0 Å². The molecule has 0 bridgehead atoms. The average Bonchev–Trinajstić information content (AvgIpc) is 2.37. The van der Waals surface area contributed by atoms with Crippen LogP contribution in [0.25, 0.3) is 0 Å². The molecule has 1 nitrogen and oxygen atoms in total. The molecule has 1 aromatic carbocycles. The number of halogens is 3. The molecule has 0 fully saturated rings. The second-order valence-electron chi connectivity index (χ2n) is 4.50. The van der Waals surface area contributed by atoms with Crippen molar-refractivity contribution in [2.24, 2.45) is 0 Å². The van der Waals surface area contributed by atoms with Gasteiger partial charge >= 0.3 is 6.18 Å². The predicted octanol–water partition coefficient (Wildman–Crippen LogP) is 3.90. The Morgan fingerprint density at radius 2 is 2.00 bits per heavy atom. The van der Waals surface area contributed by atoms with Crippen LogP contribution in [0.5, 0.6) is 0 Å². The zero-order valence-corrected chi connectivity index (χ0v) is 10.0. The third-order valence-electron chi connectivity index (χ3n) is 3.13. The summed E-state index contributed by atoms with van der Waals surface area (Å²) >= 11 is 0. The van der Waals surface area contributed by atoms with E-state index in [4.69, 9.17) is 0 Å². The summed E-state index contributed by atoms with van der Waals surface area (Å²) in [6, 6.07) is 5.92. The molecule has 4 heteroatoms. The molecule has 0 radical (unpaired) electrons. The molecule has 1 N–H and O–H groups in total. The normalized spacial score (nSPS) is 20.1. The summed E-state index contributed by atoms with van der Waals surface area (Å²) in [5.41, 5.74) is -0.235. The van der Waals surface area contributed by atoms with Gasteiger partial charge in [-0.25, -0.2) is 0 Å². The largest absolute Gasteiger partial charge is 0.416 e. The molecule has 1 aliphatic rings. The van der Waals surface area contributed by atoms with E-state index in [2.05, 4.69) is 11.4 Å². The number of rotatable bonds is 3. The standard InChI is InChI=1S/C14H16F3N/c15-14(16,17)13-9-5-4-6-11(13)10-18-12-7-2-1-3-8-12/h2,4-7,9,12,18H,1,3,8,10H2. The Hall–Kier alpha value is -1.29. The zero-order chi connectivity index (χ0) is 13.0. The monoisotopic (exact) mass is 255 g/mol. The fourth-order valence-corrected chi connectivity index (χ4v) is 2.17. The van der Waals surface area contributed by atoms with Crippen LogP contribution in [-0.4, -0.2) is 6.04 Å². The van der Waals surface area contributed by atoms with Gasteiger partial charge in [-0.15, -0.1) is 0 Å². The first-order valence-electron chi connectivity index (χ1n) is 6.12. The summed E-state index contributed by atoms with van der Waals surface area (Å²) in [5, 5.41) is 3.16. The molecule has 2 rings (SSSR count). The van der Waals surface area contributed by atoms with Crippen molar-refractivity contribution in [2.75, 3.05) is 0 Å². The first-order chi connectivity index (χ1) is 8.57. The maximum Gasteiger partial charge on any atom is 0.416 e. The lowest BCUT2D eigenvalue weighted by atomic mass is 10.0. The van der Waals surface area contributed by atoms with Gasteiger partial charge in [0.25, 0.3) is 0 Å². The summed E-state index contributed by atoms with van der Waals surface area (Å²) in [5.74, 6) is 0. The van der Waals surface area contributed by atoms with Gasteiger partial charge in [-0.1, -0.05) is 30.4 Å². The number of allylic oxidation sites excluding steroid dienone is 1. The summed E-state index contributed by atoms with van der Waals surface area (Å²) in [7, 11) is 0. The number of hydrogen-bond donors (Lipinski definition) is 1. The van der Waals surface area contributed by atoms with E-state index in [1.807, 2.05) is 6.08 Å². The molecule has 1 aromatic rings. The van der Waals surface area contributed by atoms with E-state index >= 15 is 0 Å². The van der Waals surface area contributed by atoms with Gasteiger partial charge in [0.05, 0.1) is 5.56 Å². The Kier molecular flexibility index (Phi) is 4.07. The number of hydrogen-bond acceptors (Lipinski definition) is 1. The molecule has 1 unspecified atom stereocenters. The fourth-order valence-electron chi connectivity index (χ4n) is 2.17. The Balaban J connectivity index is 2.05. The molecule has 98 valence electrons. The quantitative estimate of drug-likeness (QED) is 0.808. The van der Waals surface area contributed by atoms with E-state index < -0.39 is 11.7 Å². The molecule has 0 saturated carbocycles. The smallest absolute Gasteiger partial charge is 0.306 e. The number of benzene rings is 1. The van der Waals surface area contributed by atoms with Crippen LogP contribution in [0, 0.1) is 0 Å². The van der Waals surface area contributed by atoms with Crippen LogP contribution in [0.15, 0.2) is 36.4 Å². The van der Waals surface area contributed by atoms with Gasteiger partial charge in [-0.3, -0.25) is 0 Å². The van der Waals surface area contributed by atoms with Gasteiger partial charge < -0.3 is 5.32 Å². The molecule has 0 saturated heterocycles. The summed E-state index contributed by atoms with van der Waals surface area (Å²) in [6.07, 6.45) is 2.99. The van der Waals surface area contributed by atoms with Crippen molar-refractivity contribution in [1.82, 2.24) is 5.32 Å². The minimum absolute atomic E-state index is 0.194. The third kappa shape index (κ3) is 3.35. The highest BCUT2D eigenvalue weighted by Gasteiger charge is 2.32. The SMILES string of the molecule is FC(F)(F)c1ccccc1CNC1C=CCCC1. The van der Waals surface area contributed by atoms with E-state index in [9.17, 15) is 13.2 Å². The van der Waals surface area contributed by atoms with Gasteiger partial charge in [-0.05, 0) is 30.9 Å². The Bertz CT molecular complexity index is 423. The fraction of sp³-hybridized carbons (Fsp3) is 0.429. The van der Waals surface area contributed by atoms with Crippen molar-refractivity contribution in [2.45, 2.75) is 38.0 Å². The van der Waals surface area contributed by atoms with Crippen LogP contribution in [0.4, 0.5) is 13.2 Å². The maximum absolute atomic E-state index is 12.8. The molecule has 18 heavy (non-hydrogen) atoms. The molecule has 1 atom stereocenters. The zero-order valence-electron chi connectivity index (χ0n) is 10.0. The van der Waals surface area contributed by atoms with Crippen LogP contribution in [0.2, 0.25) is 0 Å². The molecule has 0 amide bonds. The minimum atomic E-state index is -4.28. The number of nitrogens with one attached hydrogen (secondary N) is 1. The van der Waals surface area contributed by atoms with Crippen molar-refractivity contribution < 1.29 is 13.2 Å². The van der Waals surface area contributed by atoms with Gasteiger partial charge in [-0.2, -0.15) is 13.2 Å². The van der Waals surface area contributed by atoms with Crippen molar-refractivity contribution in [1.29, 1.82) is 0 Å². The molecule has 1 aliphatic carbocycles.